The van der Waals surface area contributed by atoms with Gasteiger partial charge in [0.1, 0.15) is 9.88 Å². The lowest BCUT2D eigenvalue weighted by molar-refractivity contribution is 0.0936. The summed E-state index contributed by atoms with van der Waals surface area (Å²) in [6.45, 7) is 3.54. The molecule has 1 amide bonds. The second-order valence-electron chi connectivity index (χ2n) is 6.25. The molecule has 6 nitrogen and oxygen atoms in total. The summed E-state index contributed by atoms with van der Waals surface area (Å²) in [6.07, 6.45) is 5.46. The summed E-state index contributed by atoms with van der Waals surface area (Å²) < 4.78 is 0. The molecule has 1 fully saturated rings. The third-order valence-corrected chi connectivity index (χ3v) is 6.25. The van der Waals surface area contributed by atoms with Crippen LogP contribution >= 0.6 is 22.7 Å². The van der Waals surface area contributed by atoms with Gasteiger partial charge < -0.3 is 10.2 Å². The Hall–Kier alpha value is -2.32. The Balaban J connectivity index is 1.45. The molecule has 0 aromatic carbocycles. The van der Waals surface area contributed by atoms with Crippen molar-refractivity contribution < 1.29 is 4.79 Å². The first-order chi connectivity index (χ1) is 12.7. The summed E-state index contributed by atoms with van der Waals surface area (Å²) in [5.74, 6) is 0.683. The molecular formula is C18H19N5OS2. The standard InChI is InChI=1S/C18H19N5OS2/c1-12-15(26-17(21-12)13-5-9-25-11-13)16(24)22-14-4-2-8-23(10-14)18-19-6-3-7-20-18/h3,5-7,9,11,14H,2,4,8,10H2,1H3,(H,22,24)/t14-/m0/s1. The topological polar surface area (TPSA) is 71.0 Å². The zero-order valence-electron chi connectivity index (χ0n) is 14.4. The van der Waals surface area contributed by atoms with Gasteiger partial charge in [0.2, 0.25) is 5.95 Å². The molecule has 4 rings (SSSR count). The van der Waals surface area contributed by atoms with Crippen LogP contribution < -0.4 is 10.2 Å². The summed E-state index contributed by atoms with van der Waals surface area (Å²) in [5.41, 5.74) is 1.86. The number of anilines is 1. The number of thiophene rings is 1. The minimum absolute atomic E-state index is 0.0395. The van der Waals surface area contributed by atoms with E-state index in [2.05, 4.69) is 30.5 Å². The Labute approximate surface area is 160 Å². The number of nitrogens with one attached hydrogen (secondary N) is 1. The van der Waals surface area contributed by atoms with E-state index in [4.69, 9.17) is 0 Å². The van der Waals surface area contributed by atoms with Crippen LogP contribution in [0.5, 0.6) is 0 Å². The van der Waals surface area contributed by atoms with Crippen molar-refractivity contribution >= 4 is 34.5 Å². The number of carbonyl (C=O) groups is 1. The van der Waals surface area contributed by atoms with E-state index in [1.165, 1.54) is 11.3 Å². The van der Waals surface area contributed by atoms with E-state index in [1.807, 2.05) is 24.4 Å². The van der Waals surface area contributed by atoms with Gasteiger partial charge in [-0.1, -0.05) is 0 Å². The summed E-state index contributed by atoms with van der Waals surface area (Å²) in [6, 6.07) is 3.93. The monoisotopic (exact) mass is 385 g/mol. The molecule has 3 aromatic rings. The fraction of sp³-hybridized carbons (Fsp3) is 0.333. The minimum atomic E-state index is -0.0395. The molecule has 0 aliphatic carbocycles. The van der Waals surface area contributed by atoms with Gasteiger partial charge in [-0.05, 0) is 37.3 Å². The number of carbonyl (C=O) groups excluding carboxylic acids is 1. The number of aromatic nitrogens is 3. The highest BCUT2D eigenvalue weighted by Crippen LogP contribution is 2.29. The van der Waals surface area contributed by atoms with E-state index in [0.29, 0.717) is 4.88 Å². The van der Waals surface area contributed by atoms with Gasteiger partial charge in [-0.3, -0.25) is 4.79 Å². The van der Waals surface area contributed by atoms with E-state index in [0.717, 1.165) is 48.1 Å². The van der Waals surface area contributed by atoms with Crippen molar-refractivity contribution in [2.45, 2.75) is 25.8 Å². The van der Waals surface area contributed by atoms with Crippen LogP contribution in [0.2, 0.25) is 0 Å². The lowest BCUT2D eigenvalue weighted by atomic mass is 10.1. The van der Waals surface area contributed by atoms with Crippen molar-refractivity contribution in [3.63, 3.8) is 0 Å². The molecule has 8 heteroatoms. The molecule has 0 saturated carbocycles. The summed E-state index contributed by atoms with van der Waals surface area (Å²) >= 11 is 3.09. The van der Waals surface area contributed by atoms with Gasteiger partial charge in [-0.25, -0.2) is 15.0 Å². The van der Waals surface area contributed by atoms with E-state index in [9.17, 15) is 4.79 Å². The first kappa shape index (κ1) is 17.1. The van der Waals surface area contributed by atoms with Crippen LogP contribution in [0.4, 0.5) is 5.95 Å². The Bertz CT molecular complexity index is 878. The number of piperidine rings is 1. The van der Waals surface area contributed by atoms with Gasteiger partial charge >= 0.3 is 0 Å². The Morgan fingerprint density at radius 1 is 1.35 bits per heavy atom. The van der Waals surface area contributed by atoms with Crippen LogP contribution in [0.1, 0.15) is 28.2 Å². The lowest BCUT2D eigenvalue weighted by Gasteiger charge is -2.33. The van der Waals surface area contributed by atoms with Crippen LogP contribution in [0, 0.1) is 6.92 Å². The molecule has 0 spiro atoms. The maximum Gasteiger partial charge on any atom is 0.263 e. The van der Waals surface area contributed by atoms with Crippen molar-refractivity contribution in [2.24, 2.45) is 0 Å². The number of aryl methyl sites for hydroxylation is 1. The van der Waals surface area contributed by atoms with Crippen LogP contribution in [-0.4, -0.2) is 40.0 Å². The molecule has 0 bridgehead atoms. The predicted molar refractivity (Wildman–Crippen MR) is 105 cm³/mol. The predicted octanol–water partition coefficient (Wildman–Crippen LogP) is 3.37. The van der Waals surface area contributed by atoms with Gasteiger partial charge in [0.25, 0.3) is 5.91 Å². The molecule has 1 aliphatic heterocycles. The van der Waals surface area contributed by atoms with Crippen molar-refractivity contribution in [1.29, 1.82) is 0 Å². The van der Waals surface area contributed by atoms with E-state index in [-0.39, 0.29) is 11.9 Å². The Morgan fingerprint density at radius 2 is 2.19 bits per heavy atom. The van der Waals surface area contributed by atoms with Crippen molar-refractivity contribution in [1.82, 2.24) is 20.3 Å². The molecule has 3 aromatic heterocycles. The van der Waals surface area contributed by atoms with Crippen LogP contribution in [0.25, 0.3) is 10.6 Å². The van der Waals surface area contributed by atoms with Gasteiger partial charge in [0.15, 0.2) is 0 Å². The highest BCUT2D eigenvalue weighted by atomic mass is 32.1. The number of hydrogen-bond donors (Lipinski definition) is 1. The molecule has 0 radical (unpaired) electrons. The van der Waals surface area contributed by atoms with Crippen molar-refractivity contribution in [2.75, 3.05) is 18.0 Å². The number of amides is 1. The summed E-state index contributed by atoms with van der Waals surface area (Å²) in [5, 5.41) is 8.15. The maximum absolute atomic E-state index is 12.8. The van der Waals surface area contributed by atoms with E-state index >= 15 is 0 Å². The quantitative estimate of drug-likeness (QED) is 0.746. The van der Waals surface area contributed by atoms with Gasteiger partial charge in [-0.15, -0.1) is 11.3 Å². The van der Waals surface area contributed by atoms with E-state index < -0.39 is 0 Å². The SMILES string of the molecule is Cc1nc(-c2ccsc2)sc1C(=O)N[C@H]1CCCN(c2ncccn2)C1. The first-order valence-electron chi connectivity index (χ1n) is 8.53. The van der Waals surface area contributed by atoms with Gasteiger partial charge in [0.05, 0.1) is 5.69 Å². The molecule has 4 heterocycles. The first-order valence-corrected chi connectivity index (χ1v) is 10.3. The fourth-order valence-electron chi connectivity index (χ4n) is 3.10. The molecule has 1 atom stereocenters. The normalized spacial score (nSPS) is 17.3. The molecule has 1 saturated heterocycles. The highest BCUT2D eigenvalue weighted by molar-refractivity contribution is 7.17. The number of nitrogens with zero attached hydrogens (tertiary/aromatic N) is 4. The maximum atomic E-state index is 12.8. The third-order valence-electron chi connectivity index (χ3n) is 4.36. The molecule has 1 N–H and O–H groups in total. The van der Waals surface area contributed by atoms with Crippen LogP contribution in [-0.2, 0) is 0 Å². The zero-order valence-corrected chi connectivity index (χ0v) is 16.0. The molecule has 26 heavy (non-hydrogen) atoms. The van der Waals surface area contributed by atoms with E-state index in [1.54, 1.807) is 23.7 Å². The highest BCUT2D eigenvalue weighted by Gasteiger charge is 2.25. The van der Waals surface area contributed by atoms with Gasteiger partial charge in [-0.2, -0.15) is 11.3 Å². The largest absolute Gasteiger partial charge is 0.347 e. The molecule has 134 valence electrons. The average molecular weight is 386 g/mol. The second-order valence-corrected chi connectivity index (χ2v) is 8.03. The average Bonchev–Trinajstić information content (AvgIpc) is 3.32. The van der Waals surface area contributed by atoms with Crippen LogP contribution in [0.15, 0.2) is 35.3 Å². The number of hydrogen-bond acceptors (Lipinski definition) is 7. The Kier molecular flexibility index (Phi) is 4.94. The summed E-state index contributed by atoms with van der Waals surface area (Å²) in [7, 11) is 0. The lowest BCUT2D eigenvalue weighted by Crippen LogP contribution is -2.48. The van der Waals surface area contributed by atoms with Gasteiger partial charge in [0, 0.05) is 42.5 Å². The molecule has 0 unspecified atom stereocenters. The number of thiazole rings is 1. The zero-order chi connectivity index (χ0) is 17.9. The third kappa shape index (κ3) is 3.61. The Morgan fingerprint density at radius 3 is 2.96 bits per heavy atom. The smallest absolute Gasteiger partial charge is 0.263 e. The number of rotatable bonds is 4. The van der Waals surface area contributed by atoms with Crippen molar-refractivity contribution in [3.05, 3.63) is 45.9 Å². The molecular weight excluding hydrogens is 366 g/mol. The summed E-state index contributed by atoms with van der Waals surface area (Å²) in [4.78, 5) is 28.8. The second kappa shape index (κ2) is 7.51. The van der Waals surface area contributed by atoms with Crippen LogP contribution in [0.3, 0.4) is 0 Å². The molecule has 1 aliphatic rings. The van der Waals surface area contributed by atoms with Crippen molar-refractivity contribution in [3.8, 4) is 10.6 Å². The fourth-order valence-corrected chi connectivity index (χ4v) is 4.78. The minimum Gasteiger partial charge on any atom is -0.347 e.